The molecule has 0 amide bonds. The van der Waals surface area contributed by atoms with Gasteiger partial charge in [-0.25, -0.2) is 4.68 Å². The maximum Gasteiger partial charge on any atom is 0.0663 e. The molecule has 2 aromatic rings. The van der Waals surface area contributed by atoms with Crippen molar-refractivity contribution in [1.82, 2.24) is 15.1 Å². The Morgan fingerprint density at radius 1 is 1.28 bits per heavy atom. The molecule has 1 heterocycles. The Morgan fingerprint density at radius 2 is 2.00 bits per heavy atom. The first-order valence-corrected chi connectivity index (χ1v) is 6.41. The lowest BCUT2D eigenvalue weighted by molar-refractivity contribution is 0.652. The number of nitrogens with one attached hydrogen (secondary N) is 1. The number of benzene rings is 1. The van der Waals surface area contributed by atoms with Crippen molar-refractivity contribution < 1.29 is 0 Å². The zero-order valence-electron chi connectivity index (χ0n) is 11.2. The van der Waals surface area contributed by atoms with Gasteiger partial charge >= 0.3 is 0 Å². The number of nitrogens with zero attached hydrogens (tertiary/aromatic N) is 2. The van der Waals surface area contributed by atoms with E-state index in [9.17, 15) is 0 Å². The second-order valence-electron chi connectivity index (χ2n) is 4.56. The molecular formula is C14H18ClN3. The average molecular weight is 264 g/mol. The van der Waals surface area contributed by atoms with Crippen molar-refractivity contribution in [2.75, 3.05) is 7.05 Å². The van der Waals surface area contributed by atoms with Crippen LogP contribution in [0.3, 0.4) is 0 Å². The molecule has 1 unspecified atom stereocenters. The van der Waals surface area contributed by atoms with Gasteiger partial charge in [0.2, 0.25) is 0 Å². The third-order valence-corrected chi connectivity index (χ3v) is 3.47. The molecule has 1 N–H and O–H groups in total. The summed E-state index contributed by atoms with van der Waals surface area (Å²) in [6.45, 7) is 6.12. The number of aryl methyl sites for hydroxylation is 2. The van der Waals surface area contributed by atoms with Crippen molar-refractivity contribution in [1.29, 1.82) is 0 Å². The quantitative estimate of drug-likeness (QED) is 0.920. The van der Waals surface area contributed by atoms with Crippen LogP contribution in [0.1, 0.15) is 29.9 Å². The maximum atomic E-state index is 6.33. The number of hydrogen-bond acceptors (Lipinski definition) is 2. The standard InChI is InChI=1S/C14H18ClN3/c1-9-7-10(2)18(17-9)12-5-6-13(11(3)16-4)14(15)8-12/h5-8,11,16H,1-4H3. The molecule has 4 heteroatoms. The highest BCUT2D eigenvalue weighted by molar-refractivity contribution is 6.31. The van der Waals surface area contributed by atoms with Crippen molar-refractivity contribution >= 4 is 11.6 Å². The van der Waals surface area contributed by atoms with Crippen molar-refractivity contribution in [3.8, 4) is 5.69 Å². The smallest absolute Gasteiger partial charge is 0.0663 e. The summed E-state index contributed by atoms with van der Waals surface area (Å²) in [5, 5.41) is 8.41. The van der Waals surface area contributed by atoms with Crippen LogP contribution >= 0.6 is 11.6 Å². The summed E-state index contributed by atoms with van der Waals surface area (Å²) in [5.74, 6) is 0. The molecule has 0 fully saturated rings. The Bertz CT molecular complexity index is 560. The summed E-state index contributed by atoms with van der Waals surface area (Å²) in [5.41, 5.74) is 4.22. The van der Waals surface area contributed by atoms with Crippen LogP contribution in [0.2, 0.25) is 5.02 Å². The van der Waals surface area contributed by atoms with Gasteiger partial charge in [-0.05, 0) is 51.6 Å². The van der Waals surface area contributed by atoms with Gasteiger partial charge in [0.15, 0.2) is 0 Å². The van der Waals surface area contributed by atoms with E-state index in [2.05, 4.69) is 35.5 Å². The molecule has 0 saturated carbocycles. The minimum Gasteiger partial charge on any atom is -0.313 e. The maximum absolute atomic E-state index is 6.33. The number of aromatic nitrogens is 2. The van der Waals surface area contributed by atoms with Crippen LogP contribution in [0.5, 0.6) is 0 Å². The summed E-state index contributed by atoms with van der Waals surface area (Å²) in [4.78, 5) is 0. The Morgan fingerprint density at radius 3 is 2.50 bits per heavy atom. The predicted molar refractivity (Wildman–Crippen MR) is 75.5 cm³/mol. The predicted octanol–water partition coefficient (Wildman–Crippen LogP) is 3.42. The van der Waals surface area contributed by atoms with Gasteiger partial charge < -0.3 is 5.32 Å². The molecule has 0 aliphatic heterocycles. The van der Waals surface area contributed by atoms with E-state index >= 15 is 0 Å². The fourth-order valence-corrected chi connectivity index (χ4v) is 2.38. The van der Waals surface area contributed by atoms with Gasteiger partial charge in [0.1, 0.15) is 0 Å². The van der Waals surface area contributed by atoms with Gasteiger partial charge in [-0.15, -0.1) is 0 Å². The molecule has 0 aliphatic rings. The highest BCUT2D eigenvalue weighted by atomic mass is 35.5. The summed E-state index contributed by atoms with van der Waals surface area (Å²) in [7, 11) is 1.93. The Balaban J connectivity index is 2.43. The van der Waals surface area contributed by atoms with Crippen LogP contribution in [-0.2, 0) is 0 Å². The lowest BCUT2D eigenvalue weighted by Gasteiger charge is -2.14. The first kappa shape index (κ1) is 13.1. The molecule has 1 aromatic heterocycles. The molecule has 2 rings (SSSR count). The topological polar surface area (TPSA) is 29.9 Å². The second kappa shape index (κ2) is 5.12. The van der Waals surface area contributed by atoms with Crippen molar-refractivity contribution in [2.24, 2.45) is 0 Å². The normalized spacial score (nSPS) is 12.7. The first-order valence-electron chi connectivity index (χ1n) is 6.03. The van der Waals surface area contributed by atoms with E-state index in [0.29, 0.717) is 0 Å². The highest BCUT2D eigenvalue weighted by Gasteiger charge is 2.10. The molecular weight excluding hydrogens is 246 g/mol. The van der Waals surface area contributed by atoms with E-state index in [0.717, 1.165) is 27.7 Å². The highest BCUT2D eigenvalue weighted by Crippen LogP contribution is 2.25. The van der Waals surface area contributed by atoms with E-state index in [4.69, 9.17) is 11.6 Å². The van der Waals surface area contributed by atoms with Crippen molar-refractivity contribution in [3.05, 3.63) is 46.2 Å². The van der Waals surface area contributed by atoms with Gasteiger partial charge in [0.25, 0.3) is 0 Å². The van der Waals surface area contributed by atoms with Crippen LogP contribution in [0.25, 0.3) is 5.69 Å². The van der Waals surface area contributed by atoms with E-state index in [1.807, 2.05) is 31.6 Å². The van der Waals surface area contributed by atoms with Crippen LogP contribution in [0, 0.1) is 13.8 Å². The minimum atomic E-state index is 0.243. The largest absolute Gasteiger partial charge is 0.313 e. The molecule has 96 valence electrons. The summed E-state index contributed by atoms with van der Waals surface area (Å²) in [6.07, 6.45) is 0. The minimum absolute atomic E-state index is 0.243. The van der Waals surface area contributed by atoms with Gasteiger partial charge in [0.05, 0.1) is 11.4 Å². The van der Waals surface area contributed by atoms with Crippen LogP contribution in [0.4, 0.5) is 0 Å². The third kappa shape index (κ3) is 2.42. The number of halogens is 1. The van der Waals surface area contributed by atoms with E-state index < -0.39 is 0 Å². The van der Waals surface area contributed by atoms with Crippen LogP contribution in [-0.4, -0.2) is 16.8 Å². The zero-order valence-corrected chi connectivity index (χ0v) is 11.9. The van der Waals surface area contributed by atoms with Gasteiger partial charge in [-0.1, -0.05) is 17.7 Å². The molecule has 0 aliphatic carbocycles. The van der Waals surface area contributed by atoms with Crippen molar-refractivity contribution in [3.63, 3.8) is 0 Å². The lowest BCUT2D eigenvalue weighted by atomic mass is 10.1. The fraction of sp³-hybridized carbons (Fsp3) is 0.357. The summed E-state index contributed by atoms with van der Waals surface area (Å²) in [6, 6.07) is 8.36. The monoisotopic (exact) mass is 263 g/mol. The Kier molecular flexibility index (Phi) is 3.73. The van der Waals surface area contributed by atoms with Crippen molar-refractivity contribution in [2.45, 2.75) is 26.8 Å². The molecule has 3 nitrogen and oxygen atoms in total. The molecule has 1 atom stereocenters. The zero-order chi connectivity index (χ0) is 13.3. The molecule has 0 spiro atoms. The molecule has 1 aromatic carbocycles. The Labute approximate surface area is 113 Å². The summed E-state index contributed by atoms with van der Waals surface area (Å²) < 4.78 is 1.91. The van der Waals surface area contributed by atoms with E-state index in [1.165, 1.54) is 0 Å². The van der Waals surface area contributed by atoms with Gasteiger partial charge in [-0.3, -0.25) is 0 Å². The van der Waals surface area contributed by atoms with E-state index in [1.54, 1.807) is 0 Å². The first-order chi connectivity index (χ1) is 8.52. The fourth-order valence-electron chi connectivity index (χ4n) is 2.04. The molecule has 18 heavy (non-hydrogen) atoms. The molecule has 0 bridgehead atoms. The second-order valence-corrected chi connectivity index (χ2v) is 4.96. The van der Waals surface area contributed by atoms with Gasteiger partial charge in [0, 0.05) is 16.8 Å². The molecule has 0 radical (unpaired) electrons. The van der Waals surface area contributed by atoms with Gasteiger partial charge in [-0.2, -0.15) is 5.10 Å². The number of rotatable bonds is 3. The van der Waals surface area contributed by atoms with Crippen LogP contribution < -0.4 is 5.32 Å². The third-order valence-electron chi connectivity index (χ3n) is 3.14. The Hall–Kier alpha value is -1.32. The SMILES string of the molecule is CNC(C)c1ccc(-n2nc(C)cc2C)cc1Cl. The molecule has 0 saturated heterocycles. The van der Waals surface area contributed by atoms with Crippen LogP contribution in [0.15, 0.2) is 24.3 Å². The summed E-state index contributed by atoms with van der Waals surface area (Å²) >= 11 is 6.33. The lowest BCUT2D eigenvalue weighted by Crippen LogP contribution is -2.13. The average Bonchev–Trinajstić information content (AvgIpc) is 2.67. The number of hydrogen-bond donors (Lipinski definition) is 1. The van der Waals surface area contributed by atoms with E-state index in [-0.39, 0.29) is 6.04 Å².